The molecule has 0 bridgehead atoms. The molecule has 0 aliphatic carbocycles. The predicted octanol–water partition coefficient (Wildman–Crippen LogP) is 3.42. The van der Waals surface area contributed by atoms with E-state index < -0.39 is 0 Å². The third-order valence-electron chi connectivity index (χ3n) is 2.45. The maximum Gasteiger partial charge on any atom is 0.306 e. The van der Waals surface area contributed by atoms with E-state index in [1.54, 1.807) is 0 Å². The smallest absolute Gasteiger partial charge is 0.306 e. The summed E-state index contributed by atoms with van der Waals surface area (Å²) in [5.41, 5.74) is 0. The van der Waals surface area contributed by atoms with Gasteiger partial charge in [-0.15, -0.1) is 0 Å². The lowest BCUT2D eigenvalue weighted by Crippen LogP contribution is -2.23. The average Bonchev–Trinajstić information content (AvgIpc) is 2.16. The second-order valence-corrected chi connectivity index (χ2v) is 6.14. The molecule has 0 saturated carbocycles. The van der Waals surface area contributed by atoms with Crippen LogP contribution in [-0.4, -0.2) is 28.8 Å². The van der Waals surface area contributed by atoms with Crippen LogP contribution in [0.25, 0.3) is 0 Å². The lowest BCUT2D eigenvalue weighted by Gasteiger charge is -2.20. The number of nitrogens with zero attached hydrogens (tertiary/aromatic N) is 1. The van der Waals surface area contributed by atoms with Crippen LogP contribution in [0.2, 0.25) is 0 Å². The van der Waals surface area contributed by atoms with Gasteiger partial charge < -0.3 is 4.74 Å². The van der Waals surface area contributed by atoms with Crippen LogP contribution >= 0.6 is 22.9 Å². The SMILES string of the molecule is CCCC(OC(=O)CCCN(C)I)C(C)C. The predicted molar refractivity (Wildman–Crippen MR) is 75.5 cm³/mol. The number of hydrogen-bond acceptors (Lipinski definition) is 3. The second kappa shape index (κ2) is 9.22. The summed E-state index contributed by atoms with van der Waals surface area (Å²) in [7, 11) is 2.00. The summed E-state index contributed by atoms with van der Waals surface area (Å²) < 4.78 is 7.53. The fraction of sp³-hybridized carbons (Fsp3) is 0.917. The molecule has 0 spiro atoms. The van der Waals surface area contributed by atoms with E-state index in [-0.39, 0.29) is 12.1 Å². The quantitative estimate of drug-likeness (QED) is 0.385. The van der Waals surface area contributed by atoms with Gasteiger partial charge in [-0.1, -0.05) is 27.2 Å². The lowest BCUT2D eigenvalue weighted by molar-refractivity contribution is -0.151. The minimum atomic E-state index is -0.0506. The van der Waals surface area contributed by atoms with Gasteiger partial charge in [0.1, 0.15) is 6.10 Å². The van der Waals surface area contributed by atoms with Crippen LogP contribution in [0, 0.1) is 5.92 Å². The molecule has 96 valence electrons. The van der Waals surface area contributed by atoms with Crippen molar-refractivity contribution in [2.75, 3.05) is 13.6 Å². The van der Waals surface area contributed by atoms with Gasteiger partial charge in [0.15, 0.2) is 0 Å². The van der Waals surface area contributed by atoms with E-state index in [0.717, 1.165) is 25.8 Å². The summed E-state index contributed by atoms with van der Waals surface area (Å²) in [6.07, 6.45) is 3.52. The first-order chi connectivity index (χ1) is 7.47. The van der Waals surface area contributed by atoms with Crippen molar-refractivity contribution in [1.29, 1.82) is 0 Å². The third kappa shape index (κ3) is 8.33. The van der Waals surface area contributed by atoms with E-state index in [1.165, 1.54) is 0 Å². The Hall–Kier alpha value is 0.160. The van der Waals surface area contributed by atoms with E-state index in [9.17, 15) is 4.79 Å². The van der Waals surface area contributed by atoms with Gasteiger partial charge in [-0.3, -0.25) is 7.91 Å². The summed E-state index contributed by atoms with van der Waals surface area (Å²) in [5.74, 6) is 0.363. The lowest BCUT2D eigenvalue weighted by atomic mass is 10.0. The zero-order valence-electron chi connectivity index (χ0n) is 10.8. The van der Waals surface area contributed by atoms with Gasteiger partial charge in [-0.25, -0.2) is 0 Å². The summed E-state index contributed by atoms with van der Waals surface area (Å²) in [6.45, 7) is 7.25. The van der Waals surface area contributed by atoms with Crippen LogP contribution in [0.4, 0.5) is 0 Å². The maximum absolute atomic E-state index is 11.6. The van der Waals surface area contributed by atoms with Crippen molar-refractivity contribution in [2.45, 2.75) is 52.6 Å². The normalized spacial score (nSPS) is 13.2. The molecule has 0 aliphatic heterocycles. The summed E-state index contributed by atoms with van der Waals surface area (Å²) in [6, 6.07) is 0. The highest BCUT2D eigenvalue weighted by Gasteiger charge is 2.16. The van der Waals surface area contributed by atoms with Crippen LogP contribution in [-0.2, 0) is 9.53 Å². The monoisotopic (exact) mass is 341 g/mol. The zero-order valence-corrected chi connectivity index (χ0v) is 13.0. The number of esters is 1. The van der Waals surface area contributed by atoms with Crippen molar-refractivity contribution < 1.29 is 9.53 Å². The van der Waals surface area contributed by atoms with Crippen molar-refractivity contribution >= 4 is 28.8 Å². The third-order valence-corrected chi connectivity index (χ3v) is 2.93. The molecule has 16 heavy (non-hydrogen) atoms. The molecule has 0 saturated heterocycles. The first-order valence-corrected chi connectivity index (χ1v) is 7.00. The molecule has 0 aromatic heterocycles. The Morgan fingerprint density at radius 1 is 1.44 bits per heavy atom. The molecule has 0 fully saturated rings. The first-order valence-electron chi connectivity index (χ1n) is 6.03. The van der Waals surface area contributed by atoms with Gasteiger partial charge in [0.05, 0.1) is 0 Å². The minimum Gasteiger partial charge on any atom is -0.462 e. The molecule has 0 radical (unpaired) electrons. The highest BCUT2D eigenvalue weighted by atomic mass is 127. The molecular weight excluding hydrogens is 317 g/mol. The maximum atomic E-state index is 11.6. The molecule has 0 amide bonds. The topological polar surface area (TPSA) is 29.5 Å². The van der Waals surface area contributed by atoms with Crippen LogP contribution in [0.15, 0.2) is 0 Å². The Labute approximate surface area is 113 Å². The zero-order chi connectivity index (χ0) is 12.6. The molecule has 0 aromatic rings. The van der Waals surface area contributed by atoms with E-state index in [0.29, 0.717) is 12.3 Å². The van der Waals surface area contributed by atoms with Crippen molar-refractivity contribution in [1.82, 2.24) is 3.11 Å². The van der Waals surface area contributed by atoms with Gasteiger partial charge in [0.25, 0.3) is 0 Å². The minimum absolute atomic E-state index is 0.0506. The number of rotatable bonds is 8. The van der Waals surface area contributed by atoms with Crippen LogP contribution in [0.3, 0.4) is 0 Å². The van der Waals surface area contributed by atoms with Gasteiger partial charge in [-0.05, 0) is 25.8 Å². The van der Waals surface area contributed by atoms with Gasteiger partial charge in [0, 0.05) is 35.8 Å². The molecular formula is C12H24INO2. The Morgan fingerprint density at radius 2 is 2.06 bits per heavy atom. The van der Waals surface area contributed by atoms with Crippen molar-refractivity contribution in [2.24, 2.45) is 5.92 Å². The number of ether oxygens (including phenoxy) is 1. The molecule has 0 aliphatic rings. The van der Waals surface area contributed by atoms with Gasteiger partial charge in [0.2, 0.25) is 0 Å². The Morgan fingerprint density at radius 3 is 2.50 bits per heavy atom. The van der Waals surface area contributed by atoms with Crippen molar-refractivity contribution in [3.8, 4) is 0 Å². The van der Waals surface area contributed by atoms with Gasteiger partial charge in [-0.2, -0.15) is 0 Å². The number of carbonyl (C=O) groups excluding carboxylic acids is 1. The summed E-state index contributed by atoms with van der Waals surface area (Å²) in [4.78, 5) is 11.6. The summed E-state index contributed by atoms with van der Waals surface area (Å²) >= 11 is 2.22. The molecule has 0 heterocycles. The Kier molecular flexibility index (Phi) is 9.31. The van der Waals surface area contributed by atoms with Crippen LogP contribution in [0.1, 0.15) is 46.5 Å². The summed E-state index contributed by atoms with van der Waals surface area (Å²) in [5, 5.41) is 0. The van der Waals surface area contributed by atoms with E-state index in [4.69, 9.17) is 4.74 Å². The Balaban J connectivity index is 3.82. The molecule has 1 atom stereocenters. The molecule has 1 unspecified atom stereocenters. The van der Waals surface area contributed by atoms with Crippen LogP contribution in [0.5, 0.6) is 0 Å². The average molecular weight is 341 g/mol. The molecule has 0 N–H and O–H groups in total. The standard InChI is InChI=1S/C12H24INO2/c1-5-7-11(10(2)3)16-12(15)8-6-9-14(4)13/h10-11H,5-9H2,1-4H3. The first kappa shape index (κ1) is 16.2. The largest absolute Gasteiger partial charge is 0.462 e. The second-order valence-electron chi connectivity index (χ2n) is 4.49. The van der Waals surface area contributed by atoms with Gasteiger partial charge >= 0.3 is 5.97 Å². The van der Waals surface area contributed by atoms with Crippen molar-refractivity contribution in [3.05, 3.63) is 0 Å². The molecule has 0 rings (SSSR count). The van der Waals surface area contributed by atoms with Crippen LogP contribution < -0.4 is 0 Å². The number of carbonyl (C=O) groups is 1. The number of hydrogen-bond donors (Lipinski definition) is 0. The fourth-order valence-electron chi connectivity index (χ4n) is 1.48. The fourth-order valence-corrected chi connectivity index (χ4v) is 1.82. The molecule has 0 aromatic carbocycles. The van der Waals surface area contributed by atoms with E-state index >= 15 is 0 Å². The Bertz CT molecular complexity index is 195. The number of halogens is 1. The highest BCUT2D eigenvalue weighted by Crippen LogP contribution is 2.14. The molecule has 4 heteroatoms. The van der Waals surface area contributed by atoms with E-state index in [2.05, 4.69) is 46.7 Å². The van der Waals surface area contributed by atoms with E-state index in [1.807, 2.05) is 7.05 Å². The highest BCUT2D eigenvalue weighted by molar-refractivity contribution is 14.1. The van der Waals surface area contributed by atoms with Crippen molar-refractivity contribution in [3.63, 3.8) is 0 Å². The molecule has 3 nitrogen and oxygen atoms in total.